The van der Waals surface area contributed by atoms with Crippen LogP contribution in [0.25, 0.3) is 0 Å². The normalized spacial score (nSPS) is 14.3. The highest BCUT2D eigenvalue weighted by atomic mass is 35.5. The van der Waals surface area contributed by atoms with Gasteiger partial charge in [-0.3, -0.25) is 0 Å². The van der Waals surface area contributed by atoms with E-state index in [1.54, 1.807) is 6.92 Å². The molecule has 128 valence electrons. The van der Waals surface area contributed by atoms with Gasteiger partial charge in [0.2, 0.25) is 11.6 Å². The number of nitrogens with zero attached hydrogens (tertiary/aromatic N) is 2. The van der Waals surface area contributed by atoms with Crippen molar-refractivity contribution in [2.45, 2.75) is 13.0 Å². The average molecular weight is 359 g/mol. The van der Waals surface area contributed by atoms with Crippen molar-refractivity contribution in [1.29, 1.82) is 0 Å². The molecule has 0 unspecified atom stereocenters. The fourth-order valence-electron chi connectivity index (χ4n) is 2.15. The molecule has 0 saturated carbocycles. The number of halogens is 3. The first-order chi connectivity index (χ1) is 11.5. The van der Waals surface area contributed by atoms with Gasteiger partial charge in [-0.05, 0) is 19.1 Å². The zero-order valence-corrected chi connectivity index (χ0v) is 13.3. The molecule has 1 aromatic heterocycles. The minimum absolute atomic E-state index is 0.0301. The van der Waals surface area contributed by atoms with Crippen molar-refractivity contribution in [2.24, 2.45) is 0 Å². The maximum absolute atomic E-state index is 14.0. The summed E-state index contributed by atoms with van der Waals surface area (Å²) >= 11 is 5.60. The van der Waals surface area contributed by atoms with E-state index >= 15 is 0 Å². The first kappa shape index (κ1) is 16.7. The molecule has 0 bridgehead atoms. The van der Waals surface area contributed by atoms with Crippen LogP contribution < -0.4 is 4.74 Å². The topological polar surface area (TPSA) is 62.6 Å². The van der Waals surface area contributed by atoms with E-state index in [0.717, 1.165) is 12.1 Å². The van der Waals surface area contributed by atoms with E-state index in [4.69, 9.17) is 25.8 Å². The molecule has 1 fully saturated rings. The first-order valence-electron chi connectivity index (χ1n) is 7.16. The molecule has 2 heterocycles. The summed E-state index contributed by atoms with van der Waals surface area (Å²) in [6.45, 7) is 2.48. The smallest absolute Gasteiger partial charge is 0.345 e. The summed E-state index contributed by atoms with van der Waals surface area (Å²) in [5.74, 6) is -3.47. The number of carbonyl (C=O) groups excluding carboxylic acids is 1. The van der Waals surface area contributed by atoms with Crippen molar-refractivity contribution in [3.63, 3.8) is 0 Å². The molecule has 6 nitrogen and oxygen atoms in total. The monoisotopic (exact) mass is 358 g/mol. The molecule has 2 aromatic rings. The zero-order chi connectivity index (χ0) is 17.3. The van der Waals surface area contributed by atoms with Crippen LogP contribution in [0.15, 0.2) is 18.3 Å². The van der Waals surface area contributed by atoms with Crippen LogP contribution in [0, 0.1) is 11.6 Å². The highest BCUT2D eigenvalue weighted by Crippen LogP contribution is 2.34. The lowest BCUT2D eigenvalue weighted by atomic mass is 10.2. The van der Waals surface area contributed by atoms with E-state index in [2.05, 4.69) is 5.10 Å². The largest absolute Gasteiger partial charge is 0.462 e. The molecule has 0 spiro atoms. The minimum atomic E-state index is -0.993. The Balaban J connectivity index is 2.02. The molecular weight excluding hydrogens is 346 g/mol. The molecule has 0 N–H and O–H groups in total. The lowest BCUT2D eigenvalue weighted by Gasteiger charge is -2.27. The Kier molecular flexibility index (Phi) is 4.68. The summed E-state index contributed by atoms with van der Waals surface area (Å²) in [6.07, 6.45) is 1.23. The maximum Gasteiger partial charge on any atom is 0.345 e. The lowest BCUT2D eigenvalue weighted by Crippen LogP contribution is -2.31. The molecule has 1 saturated heterocycles. The number of hydrogen-bond acceptors (Lipinski definition) is 5. The average Bonchev–Trinajstić information content (AvgIpc) is 2.84. The molecule has 0 aliphatic carbocycles. The quantitative estimate of drug-likeness (QED) is 0.767. The van der Waals surface area contributed by atoms with Gasteiger partial charge in [0.05, 0.1) is 26.0 Å². The highest BCUT2D eigenvalue weighted by Gasteiger charge is 2.30. The Hall–Kier alpha value is -2.19. The third-order valence-corrected chi connectivity index (χ3v) is 3.59. The zero-order valence-electron chi connectivity index (χ0n) is 12.6. The molecule has 0 radical (unpaired) electrons. The third kappa shape index (κ3) is 3.07. The third-order valence-electron chi connectivity index (χ3n) is 3.37. The number of esters is 1. The van der Waals surface area contributed by atoms with E-state index in [0.29, 0.717) is 13.2 Å². The first-order valence-corrected chi connectivity index (χ1v) is 7.53. The number of rotatable bonds is 5. The van der Waals surface area contributed by atoms with Crippen LogP contribution in [0.3, 0.4) is 0 Å². The predicted molar refractivity (Wildman–Crippen MR) is 79.5 cm³/mol. The molecule has 1 aromatic carbocycles. The van der Waals surface area contributed by atoms with Gasteiger partial charge >= 0.3 is 5.97 Å². The van der Waals surface area contributed by atoms with Crippen LogP contribution in [-0.2, 0) is 9.47 Å². The van der Waals surface area contributed by atoms with Gasteiger partial charge in [-0.1, -0.05) is 11.6 Å². The number of hydrogen-bond donors (Lipinski definition) is 0. The van der Waals surface area contributed by atoms with Crippen LogP contribution in [0.2, 0.25) is 5.02 Å². The lowest BCUT2D eigenvalue weighted by molar-refractivity contribution is -0.0311. The predicted octanol–water partition coefficient (Wildman–Crippen LogP) is 3.36. The standard InChI is InChI=1S/C15H13ClF2N2O4/c1-2-23-15(21)10-5-19-20(9-6-22-7-9)14(10)24-13-11(17)3-8(16)4-12(13)18/h3-5,9H,2,6-7H2,1H3. The highest BCUT2D eigenvalue weighted by molar-refractivity contribution is 6.30. The van der Waals surface area contributed by atoms with Crippen LogP contribution in [-0.4, -0.2) is 35.6 Å². The molecule has 0 amide bonds. The van der Waals surface area contributed by atoms with Crippen LogP contribution >= 0.6 is 11.6 Å². The Bertz CT molecular complexity index is 754. The van der Waals surface area contributed by atoms with Crippen molar-refractivity contribution in [1.82, 2.24) is 9.78 Å². The molecule has 9 heteroatoms. The Morgan fingerprint density at radius 1 is 1.42 bits per heavy atom. The van der Waals surface area contributed by atoms with E-state index in [1.807, 2.05) is 0 Å². The molecule has 3 rings (SSSR count). The summed E-state index contributed by atoms with van der Waals surface area (Å²) in [6, 6.07) is 1.63. The van der Waals surface area contributed by atoms with Crippen molar-refractivity contribution in [3.05, 3.63) is 40.6 Å². The van der Waals surface area contributed by atoms with Crippen LogP contribution in [0.1, 0.15) is 23.3 Å². The molecule has 1 aliphatic heterocycles. The van der Waals surface area contributed by atoms with E-state index in [-0.39, 0.29) is 29.1 Å². The Morgan fingerprint density at radius 3 is 2.62 bits per heavy atom. The summed E-state index contributed by atoms with van der Waals surface area (Å²) in [5, 5.41) is 3.95. The van der Waals surface area contributed by atoms with Crippen molar-refractivity contribution < 1.29 is 27.8 Å². The maximum atomic E-state index is 14.0. The second-order valence-corrected chi connectivity index (χ2v) is 5.46. The van der Waals surface area contributed by atoms with Gasteiger partial charge in [0.1, 0.15) is 11.6 Å². The van der Waals surface area contributed by atoms with Crippen LogP contribution in [0.4, 0.5) is 8.78 Å². The van der Waals surface area contributed by atoms with Gasteiger partial charge in [0, 0.05) is 5.02 Å². The van der Waals surface area contributed by atoms with Gasteiger partial charge < -0.3 is 14.2 Å². The van der Waals surface area contributed by atoms with E-state index in [9.17, 15) is 13.6 Å². The van der Waals surface area contributed by atoms with Gasteiger partial charge in [-0.15, -0.1) is 0 Å². The fraction of sp³-hybridized carbons (Fsp3) is 0.333. The van der Waals surface area contributed by atoms with Gasteiger partial charge in [0.25, 0.3) is 0 Å². The number of ether oxygens (including phenoxy) is 3. The van der Waals surface area contributed by atoms with E-state index in [1.165, 1.54) is 10.9 Å². The van der Waals surface area contributed by atoms with Crippen molar-refractivity contribution in [3.8, 4) is 11.6 Å². The second-order valence-electron chi connectivity index (χ2n) is 5.02. The van der Waals surface area contributed by atoms with E-state index < -0.39 is 23.4 Å². The van der Waals surface area contributed by atoms with Gasteiger partial charge in [-0.2, -0.15) is 5.10 Å². The summed E-state index contributed by atoms with van der Waals surface area (Å²) in [5.41, 5.74) is -0.0301. The van der Waals surface area contributed by atoms with Gasteiger partial charge in [-0.25, -0.2) is 18.3 Å². The summed E-state index contributed by atoms with van der Waals surface area (Å²) < 4.78 is 44.7. The molecule has 1 aliphatic rings. The summed E-state index contributed by atoms with van der Waals surface area (Å²) in [4.78, 5) is 12.0. The Morgan fingerprint density at radius 2 is 2.08 bits per heavy atom. The number of benzene rings is 1. The van der Waals surface area contributed by atoms with Crippen LogP contribution in [0.5, 0.6) is 11.6 Å². The second kappa shape index (κ2) is 6.74. The molecule has 0 atom stereocenters. The fourth-order valence-corrected chi connectivity index (χ4v) is 2.34. The minimum Gasteiger partial charge on any atom is -0.462 e. The molecule has 24 heavy (non-hydrogen) atoms. The number of aromatic nitrogens is 2. The number of carbonyl (C=O) groups is 1. The SMILES string of the molecule is CCOC(=O)c1cnn(C2COC2)c1Oc1c(F)cc(Cl)cc1F. The molecular formula is C15H13ClF2N2O4. The van der Waals surface area contributed by atoms with Gasteiger partial charge in [0.15, 0.2) is 11.6 Å². The summed E-state index contributed by atoms with van der Waals surface area (Å²) in [7, 11) is 0. The van der Waals surface area contributed by atoms with Crippen molar-refractivity contribution >= 4 is 17.6 Å². The Labute approximate surface area is 140 Å². The van der Waals surface area contributed by atoms with Crippen molar-refractivity contribution in [2.75, 3.05) is 19.8 Å².